The molecule has 0 bridgehead atoms. The average Bonchev–Trinajstić information content (AvgIpc) is 2.27. The van der Waals surface area contributed by atoms with Gasteiger partial charge in [-0.15, -0.1) is 0 Å². The van der Waals surface area contributed by atoms with Gasteiger partial charge >= 0.3 is 5.51 Å². The van der Waals surface area contributed by atoms with Gasteiger partial charge in [-0.2, -0.15) is 13.2 Å². The predicted octanol–water partition coefficient (Wildman–Crippen LogP) is 4.67. The zero-order valence-corrected chi connectivity index (χ0v) is 9.92. The van der Waals surface area contributed by atoms with E-state index in [4.69, 9.17) is 0 Å². The minimum atomic E-state index is -4.29. The molecule has 0 fully saturated rings. The Morgan fingerprint density at radius 1 is 0.889 bits per heavy atom. The summed E-state index contributed by atoms with van der Waals surface area (Å²) in [6, 6.07) is 12.5. The first kappa shape index (κ1) is 12.8. The standard InChI is InChI=1S/C13H9F3OS/c14-13(15,16)18-12-6-2-4-10(8-12)9-3-1-5-11(17)7-9/h1-8,17H. The Bertz CT molecular complexity index is 552. The van der Waals surface area contributed by atoms with Crippen LogP contribution in [0.1, 0.15) is 0 Å². The molecular weight excluding hydrogens is 261 g/mol. The monoisotopic (exact) mass is 270 g/mol. The lowest BCUT2D eigenvalue weighted by atomic mass is 10.1. The van der Waals surface area contributed by atoms with Crippen molar-refractivity contribution in [3.8, 4) is 16.9 Å². The lowest BCUT2D eigenvalue weighted by Gasteiger charge is -2.08. The number of rotatable bonds is 2. The lowest BCUT2D eigenvalue weighted by molar-refractivity contribution is -0.0328. The molecule has 0 aliphatic carbocycles. The van der Waals surface area contributed by atoms with Crippen LogP contribution in [0.4, 0.5) is 13.2 Å². The Labute approximate surface area is 106 Å². The van der Waals surface area contributed by atoms with E-state index in [1.165, 1.54) is 24.3 Å². The summed E-state index contributed by atoms with van der Waals surface area (Å²) in [5.41, 5.74) is -2.97. The maximum atomic E-state index is 12.3. The van der Waals surface area contributed by atoms with Crippen LogP contribution in [-0.2, 0) is 0 Å². The number of thioether (sulfide) groups is 1. The zero-order valence-electron chi connectivity index (χ0n) is 9.11. The molecule has 0 saturated carbocycles. The van der Waals surface area contributed by atoms with Crippen LogP contribution in [-0.4, -0.2) is 10.6 Å². The fourth-order valence-corrected chi connectivity index (χ4v) is 2.16. The quantitative estimate of drug-likeness (QED) is 0.800. The molecule has 2 aromatic rings. The number of hydrogen-bond donors (Lipinski definition) is 1. The van der Waals surface area contributed by atoms with E-state index in [2.05, 4.69) is 0 Å². The highest BCUT2D eigenvalue weighted by Crippen LogP contribution is 2.38. The van der Waals surface area contributed by atoms with Gasteiger partial charge in [0.05, 0.1) is 0 Å². The summed E-state index contributed by atoms with van der Waals surface area (Å²) < 4.78 is 36.8. The van der Waals surface area contributed by atoms with Gasteiger partial charge in [0.1, 0.15) is 5.75 Å². The van der Waals surface area contributed by atoms with E-state index in [9.17, 15) is 18.3 Å². The fourth-order valence-electron chi connectivity index (χ4n) is 1.56. The van der Waals surface area contributed by atoms with Gasteiger partial charge in [-0.05, 0) is 47.2 Å². The van der Waals surface area contributed by atoms with Crippen molar-refractivity contribution in [3.05, 3.63) is 48.5 Å². The second-order valence-electron chi connectivity index (χ2n) is 3.63. The van der Waals surface area contributed by atoms with E-state index in [1.807, 2.05) is 0 Å². The van der Waals surface area contributed by atoms with Gasteiger partial charge in [0.25, 0.3) is 0 Å². The van der Waals surface area contributed by atoms with Gasteiger partial charge < -0.3 is 5.11 Å². The van der Waals surface area contributed by atoms with E-state index in [0.29, 0.717) is 11.1 Å². The fraction of sp³-hybridized carbons (Fsp3) is 0.0769. The van der Waals surface area contributed by atoms with Crippen molar-refractivity contribution in [2.75, 3.05) is 0 Å². The topological polar surface area (TPSA) is 20.2 Å². The molecule has 0 aliphatic rings. The van der Waals surface area contributed by atoms with Crippen molar-refractivity contribution >= 4 is 11.8 Å². The highest BCUT2D eigenvalue weighted by atomic mass is 32.2. The van der Waals surface area contributed by atoms with Crippen LogP contribution in [0.3, 0.4) is 0 Å². The second-order valence-corrected chi connectivity index (χ2v) is 4.76. The molecule has 0 saturated heterocycles. The molecule has 0 aliphatic heterocycles. The van der Waals surface area contributed by atoms with E-state index in [-0.39, 0.29) is 22.4 Å². The summed E-state index contributed by atoms with van der Waals surface area (Å²) in [7, 11) is 0. The molecule has 0 spiro atoms. The number of alkyl halides is 3. The minimum absolute atomic E-state index is 0.0846. The van der Waals surface area contributed by atoms with Crippen LogP contribution in [0.25, 0.3) is 11.1 Å². The Morgan fingerprint density at radius 2 is 1.50 bits per heavy atom. The number of phenols is 1. The highest BCUT2D eigenvalue weighted by molar-refractivity contribution is 8.00. The molecule has 0 aromatic heterocycles. The molecule has 2 aromatic carbocycles. The minimum Gasteiger partial charge on any atom is -0.508 e. The zero-order chi connectivity index (χ0) is 13.2. The summed E-state index contributed by atoms with van der Waals surface area (Å²) in [5.74, 6) is 0.0846. The molecule has 0 atom stereocenters. The van der Waals surface area contributed by atoms with E-state index in [1.54, 1.807) is 24.3 Å². The Balaban J connectivity index is 2.33. The van der Waals surface area contributed by atoms with E-state index in [0.717, 1.165) is 0 Å². The summed E-state index contributed by atoms with van der Waals surface area (Å²) in [6.07, 6.45) is 0. The van der Waals surface area contributed by atoms with Crippen molar-refractivity contribution < 1.29 is 18.3 Å². The molecule has 5 heteroatoms. The van der Waals surface area contributed by atoms with Crippen molar-refractivity contribution in [1.82, 2.24) is 0 Å². The molecular formula is C13H9F3OS. The van der Waals surface area contributed by atoms with Crippen molar-refractivity contribution in [2.45, 2.75) is 10.4 Å². The SMILES string of the molecule is Oc1cccc(-c2cccc(SC(F)(F)F)c2)c1. The van der Waals surface area contributed by atoms with Gasteiger partial charge in [0, 0.05) is 4.90 Å². The number of phenolic OH excluding ortho intramolecular Hbond substituents is 1. The first-order chi connectivity index (χ1) is 8.44. The summed E-state index contributed by atoms with van der Waals surface area (Å²) in [5, 5.41) is 9.34. The van der Waals surface area contributed by atoms with Crippen molar-refractivity contribution in [1.29, 1.82) is 0 Å². The van der Waals surface area contributed by atoms with Crippen LogP contribution in [0, 0.1) is 0 Å². The third-order valence-corrected chi connectivity index (χ3v) is 2.97. The number of halogens is 3. The molecule has 1 nitrogen and oxygen atoms in total. The Morgan fingerprint density at radius 3 is 2.11 bits per heavy atom. The molecule has 0 radical (unpaired) electrons. The Hall–Kier alpha value is -1.62. The van der Waals surface area contributed by atoms with Crippen molar-refractivity contribution in [2.24, 2.45) is 0 Å². The van der Waals surface area contributed by atoms with E-state index >= 15 is 0 Å². The van der Waals surface area contributed by atoms with Gasteiger partial charge in [-0.1, -0.05) is 24.3 Å². The smallest absolute Gasteiger partial charge is 0.446 e. The molecule has 94 valence electrons. The van der Waals surface area contributed by atoms with Crippen LogP contribution >= 0.6 is 11.8 Å². The first-order valence-electron chi connectivity index (χ1n) is 5.09. The number of aromatic hydroxyl groups is 1. The molecule has 0 amide bonds. The van der Waals surface area contributed by atoms with Crippen molar-refractivity contribution in [3.63, 3.8) is 0 Å². The van der Waals surface area contributed by atoms with E-state index < -0.39 is 5.51 Å². The van der Waals surface area contributed by atoms with Crippen LogP contribution in [0.5, 0.6) is 5.75 Å². The normalized spacial score (nSPS) is 11.5. The molecule has 0 heterocycles. The predicted molar refractivity (Wildman–Crippen MR) is 65.5 cm³/mol. The molecule has 0 unspecified atom stereocenters. The van der Waals surface area contributed by atoms with Gasteiger partial charge in [0.2, 0.25) is 0 Å². The summed E-state index contributed by atoms with van der Waals surface area (Å²) >= 11 is -0.149. The maximum absolute atomic E-state index is 12.3. The third kappa shape index (κ3) is 3.43. The van der Waals surface area contributed by atoms with Crippen LogP contribution in [0.2, 0.25) is 0 Å². The third-order valence-electron chi connectivity index (χ3n) is 2.25. The van der Waals surface area contributed by atoms with Gasteiger partial charge in [-0.25, -0.2) is 0 Å². The van der Waals surface area contributed by atoms with Crippen LogP contribution < -0.4 is 0 Å². The average molecular weight is 270 g/mol. The summed E-state index contributed by atoms with van der Waals surface area (Å²) in [6.45, 7) is 0. The molecule has 18 heavy (non-hydrogen) atoms. The molecule has 2 rings (SSSR count). The number of hydrogen-bond acceptors (Lipinski definition) is 2. The number of benzene rings is 2. The highest BCUT2D eigenvalue weighted by Gasteiger charge is 2.29. The maximum Gasteiger partial charge on any atom is 0.446 e. The van der Waals surface area contributed by atoms with Gasteiger partial charge in [-0.3, -0.25) is 0 Å². The lowest BCUT2D eigenvalue weighted by Crippen LogP contribution is -1.98. The summed E-state index contributed by atoms with van der Waals surface area (Å²) in [4.78, 5) is 0.128. The largest absolute Gasteiger partial charge is 0.508 e. The van der Waals surface area contributed by atoms with Crippen LogP contribution in [0.15, 0.2) is 53.4 Å². The second kappa shape index (κ2) is 4.94. The molecule has 1 N–H and O–H groups in total. The first-order valence-corrected chi connectivity index (χ1v) is 5.91. The van der Waals surface area contributed by atoms with Gasteiger partial charge in [0.15, 0.2) is 0 Å². The Kier molecular flexibility index (Phi) is 3.52.